The topological polar surface area (TPSA) is 38.1 Å². The van der Waals surface area contributed by atoms with Gasteiger partial charge in [-0.3, -0.25) is 0 Å². The first kappa shape index (κ1) is 14.2. The second-order valence-corrected chi connectivity index (χ2v) is 5.70. The fourth-order valence-electron chi connectivity index (χ4n) is 2.12. The second kappa shape index (κ2) is 6.80. The van der Waals surface area contributed by atoms with Crippen LogP contribution in [0.5, 0.6) is 0 Å². The monoisotopic (exact) mass is 238 g/mol. The molecule has 0 spiro atoms. The molecule has 0 saturated carbocycles. The van der Waals surface area contributed by atoms with Crippen LogP contribution in [0, 0.1) is 18.8 Å². The third-order valence-corrected chi connectivity index (χ3v) is 2.72. The van der Waals surface area contributed by atoms with Crippen LogP contribution in [0.4, 0.5) is 0 Å². The number of oxazole rings is 1. The van der Waals surface area contributed by atoms with Gasteiger partial charge in [-0.15, -0.1) is 0 Å². The van der Waals surface area contributed by atoms with Gasteiger partial charge in [-0.2, -0.15) is 0 Å². The zero-order valence-electron chi connectivity index (χ0n) is 11.8. The van der Waals surface area contributed by atoms with Crippen molar-refractivity contribution in [3.8, 4) is 0 Å². The molecule has 1 rings (SSSR count). The first-order chi connectivity index (χ1) is 7.97. The lowest BCUT2D eigenvalue weighted by Crippen LogP contribution is -2.31. The van der Waals surface area contributed by atoms with Crippen molar-refractivity contribution in [1.82, 2.24) is 10.3 Å². The molecule has 0 aromatic carbocycles. The number of nitrogens with one attached hydrogen (secondary N) is 1. The quantitative estimate of drug-likeness (QED) is 0.789. The molecule has 3 heteroatoms. The first-order valence-corrected chi connectivity index (χ1v) is 6.62. The minimum absolute atomic E-state index is 0.558. The smallest absolute Gasteiger partial charge is 0.208 e. The lowest BCUT2D eigenvalue weighted by molar-refractivity contribution is 0.339. The van der Waals surface area contributed by atoms with Crippen LogP contribution in [0.2, 0.25) is 0 Å². The predicted octanol–water partition coefficient (Wildman–Crippen LogP) is 3.53. The first-order valence-electron chi connectivity index (χ1n) is 6.62. The van der Waals surface area contributed by atoms with E-state index in [1.165, 1.54) is 12.8 Å². The van der Waals surface area contributed by atoms with E-state index in [0.29, 0.717) is 6.04 Å². The van der Waals surface area contributed by atoms with E-state index in [1.807, 2.05) is 6.92 Å². The van der Waals surface area contributed by atoms with Crippen molar-refractivity contribution in [2.75, 3.05) is 0 Å². The number of nitrogens with zero attached hydrogens (tertiary/aromatic N) is 1. The van der Waals surface area contributed by atoms with Crippen molar-refractivity contribution in [2.45, 2.75) is 60.0 Å². The van der Waals surface area contributed by atoms with Crippen molar-refractivity contribution in [3.63, 3.8) is 0 Å². The van der Waals surface area contributed by atoms with Gasteiger partial charge in [-0.05, 0) is 31.6 Å². The maximum atomic E-state index is 5.47. The summed E-state index contributed by atoms with van der Waals surface area (Å²) in [4.78, 5) is 4.22. The molecule has 1 aromatic heterocycles. The van der Waals surface area contributed by atoms with Crippen LogP contribution >= 0.6 is 0 Å². The van der Waals surface area contributed by atoms with Crippen molar-refractivity contribution < 1.29 is 4.42 Å². The highest BCUT2D eigenvalue weighted by Gasteiger charge is 2.13. The van der Waals surface area contributed by atoms with Crippen LogP contribution in [0.1, 0.15) is 52.2 Å². The summed E-state index contributed by atoms with van der Waals surface area (Å²) in [5.41, 5.74) is 0. The number of rotatable bonds is 7. The van der Waals surface area contributed by atoms with Gasteiger partial charge in [0.05, 0.1) is 12.7 Å². The number of hydrogen-bond donors (Lipinski definition) is 1. The molecule has 17 heavy (non-hydrogen) atoms. The summed E-state index contributed by atoms with van der Waals surface area (Å²) in [5.74, 6) is 3.11. The SMILES string of the molecule is Cc1cnc(CNC(CC(C)C)CC(C)C)o1. The van der Waals surface area contributed by atoms with Crippen molar-refractivity contribution >= 4 is 0 Å². The summed E-state index contributed by atoms with van der Waals surface area (Å²) in [5, 5.41) is 3.56. The maximum Gasteiger partial charge on any atom is 0.208 e. The number of hydrogen-bond acceptors (Lipinski definition) is 3. The van der Waals surface area contributed by atoms with Crippen molar-refractivity contribution in [2.24, 2.45) is 11.8 Å². The van der Waals surface area contributed by atoms with Crippen molar-refractivity contribution in [1.29, 1.82) is 0 Å². The van der Waals surface area contributed by atoms with Gasteiger partial charge in [0.25, 0.3) is 0 Å². The zero-order valence-corrected chi connectivity index (χ0v) is 11.8. The summed E-state index contributed by atoms with van der Waals surface area (Å²) in [7, 11) is 0. The van der Waals surface area contributed by atoms with E-state index in [0.717, 1.165) is 30.0 Å². The normalized spacial score (nSPS) is 12.0. The molecule has 0 bridgehead atoms. The summed E-state index contributed by atoms with van der Waals surface area (Å²) in [6.45, 7) is 11.7. The molecule has 0 atom stereocenters. The van der Waals surface area contributed by atoms with Gasteiger partial charge in [0, 0.05) is 6.04 Å². The molecular formula is C14H26N2O. The van der Waals surface area contributed by atoms with E-state index in [4.69, 9.17) is 4.42 Å². The van der Waals surface area contributed by atoms with Crippen LogP contribution in [0.15, 0.2) is 10.6 Å². The van der Waals surface area contributed by atoms with Crippen LogP contribution in [-0.2, 0) is 6.54 Å². The molecular weight excluding hydrogens is 212 g/mol. The molecule has 0 saturated heterocycles. The molecule has 0 aliphatic heterocycles. The highest BCUT2D eigenvalue weighted by atomic mass is 16.4. The van der Waals surface area contributed by atoms with E-state index < -0.39 is 0 Å². The molecule has 0 aliphatic carbocycles. The van der Waals surface area contributed by atoms with Gasteiger partial charge >= 0.3 is 0 Å². The fourth-order valence-corrected chi connectivity index (χ4v) is 2.12. The molecule has 3 nitrogen and oxygen atoms in total. The molecule has 0 fully saturated rings. The Morgan fingerprint density at radius 3 is 2.18 bits per heavy atom. The summed E-state index contributed by atoms with van der Waals surface area (Å²) in [6.07, 6.45) is 4.19. The molecule has 0 unspecified atom stereocenters. The third kappa shape index (κ3) is 5.87. The Morgan fingerprint density at radius 1 is 1.18 bits per heavy atom. The lowest BCUT2D eigenvalue weighted by atomic mass is 9.96. The number of aryl methyl sites for hydroxylation is 1. The maximum absolute atomic E-state index is 5.47. The summed E-state index contributed by atoms with van der Waals surface area (Å²) < 4.78 is 5.47. The Kier molecular flexibility index (Phi) is 5.69. The second-order valence-electron chi connectivity index (χ2n) is 5.70. The average molecular weight is 238 g/mol. The van der Waals surface area contributed by atoms with Crippen LogP contribution in [0.25, 0.3) is 0 Å². The Morgan fingerprint density at radius 2 is 1.76 bits per heavy atom. The van der Waals surface area contributed by atoms with Crippen LogP contribution in [-0.4, -0.2) is 11.0 Å². The summed E-state index contributed by atoms with van der Waals surface area (Å²) in [6, 6.07) is 0.558. The molecule has 0 amide bonds. The highest BCUT2D eigenvalue weighted by molar-refractivity contribution is 4.90. The Balaban J connectivity index is 2.42. The average Bonchev–Trinajstić information content (AvgIpc) is 2.59. The molecule has 98 valence electrons. The molecule has 1 N–H and O–H groups in total. The summed E-state index contributed by atoms with van der Waals surface area (Å²) >= 11 is 0. The standard InChI is InChI=1S/C14H26N2O/c1-10(2)6-13(7-11(3)4)15-9-14-16-8-12(5)17-14/h8,10-11,13,15H,6-7,9H2,1-5H3. The Bertz CT molecular complexity index is 308. The highest BCUT2D eigenvalue weighted by Crippen LogP contribution is 2.14. The van der Waals surface area contributed by atoms with E-state index in [-0.39, 0.29) is 0 Å². The fraction of sp³-hybridized carbons (Fsp3) is 0.786. The van der Waals surface area contributed by atoms with E-state index in [1.54, 1.807) is 6.20 Å². The van der Waals surface area contributed by atoms with E-state index in [9.17, 15) is 0 Å². The number of aromatic nitrogens is 1. The van der Waals surface area contributed by atoms with Crippen molar-refractivity contribution in [3.05, 3.63) is 17.8 Å². The van der Waals surface area contributed by atoms with Gasteiger partial charge in [0.2, 0.25) is 5.89 Å². The van der Waals surface area contributed by atoms with Gasteiger partial charge in [0.15, 0.2) is 0 Å². The zero-order chi connectivity index (χ0) is 12.8. The van der Waals surface area contributed by atoms with Gasteiger partial charge in [-0.25, -0.2) is 4.98 Å². The van der Waals surface area contributed by atoms with Gasteiger partial charge < -0.3 is 9.73 Å². The predicted molar refractivity (Wildman–Crippen MR) is 70.8 cm³/mol. The molecule has 1 heterocycles. The molecule has 1 aromatic rings. The minimum atomic E-state index is 0.558. The Hall–Kier alpha value is -0.830. The Labute approximate surface area is 105 Å². The van der Waals surface area contributed by atoms with Gasteiger partial charge in [0.1, 0.15) is 5.76 Å². The molecule has 0 aliphatic rings. The minimum Gasteiger partial charge on any atom is -0.445 e. The molecule has 0 radical (unpaired) electrons. The van der Waals surface area contributed by atoms with E-state index in [2.05, 4.69) is 38.0 Å². The van der Waals surface area contributed by atoms with Gasteiger partial charge in [-0.1, -0.05) is 27.7 Å². The van der Waals surface area contributed by atoms with Crippen LogP contribution in [0.3, 0.4) is 0 Å². The van der Waals surface area contributed by atoms with Crippen LogP contribution < -0.4 is 5.32 Å². The largest absolute Gasteiger partial charge is 0.445 e. The lowest BCUT2D eigenvalue weighted by Gasteiger charge is -2.21. The van der Waals surface area contributed by atoms with E-state index >= 15 is 0 Å². The third-order valence-electron chi connectivity index (χ3n) is 2.72.